The first-order chi connectivity index (χ1) is 12.4. The normalized spacial score (nSPS) is 12.1. The van der Waals surface area contributed by atoms with Gasteiger partial charge in [-0.25, -0.2) is 0 Å². The van der Waals surface area contributed by atoms with Gasteiger partial charge in [0.2, 0.25) is 11.8 Å². The molecular weight excluding hydrogens is 326 g/mol. The molecule has 26 heavy (non-hydrogen) atoms. The molecule has 2 N–H and O–H groups in total. The summed E-state index contributed by atoms with van der Waals surface area (Å²) in [6.07, 6.45) is 0. The minimum Gasteiger partial charge on any atom is -0.353 e. The molecule has 2 aromatic rings. The van der Waals surface area contributed by atoms with Gasteiger partial charge in [-0.2, -0.15) is 0 Å². The molecule has 0 aliphatic heterocycles. The van der Waals surface area contributed by atoms with Crippen LogP contribution in [0.5, 0.6) is 0 Å². The Kier molecular flexibility index (Phi) is 6.92. The molecule has 138 valence electrons. The molecule has 5 heteroatoms. The van der Waals surface area contributed by atoms with E-state index in [0.29, 0.717) is 0 Å². The largest absolute Gasteiger partial charge is 0.353 e. The lowest BCUT2D eigenvalue weighted by atomic mass is 10.0. The van der Waals surface area contributed by atoms with Gasteiger partial charge in [0.1, 0.15) is 0 Å². The second-order valence-corrected chi connectivity index (χ2v) is 6.71. The molecule has 0 bridgehead atoms. The van der Waals surface area contributed by atoms with Crippen LogP contribution < -0.4 is 10.6 Å². The zero-order chi connectivity index (χ0) is 19.1. The molecule has 0 aliphatic rings. The molecule has 1 atom stereocenters. The van der Waals surface area contributed by atoms with E-state index < -0.39 is 6.04 Å². The number of hydrogen-bond donors (Lipinski definition) is 2. The molecule has 2 amide bonds. The fourth-order valence-corrected chi connectivity index (χ4v) is 2.63. The molecule has 2 aromatic carbocycles. The fourth-order valence-electron chi connectivity index (χ4n) is 2.63. The Morgan fingerprint density at radius 3 is 2.23 bits per heavy atom. The quantitative estimate of drug-likeness (QED) is 0.804. The SMILES string of the molecule is CC(C)NC(=O)CN(C)[C@H](C)C(=O)Nc1ccccc1-c1ccccc1. The third-order valence-electron chi connectivity index (χ3n) is 4.15. The first kappa shape index (κ1) is 19.7. The zero-order valence-corrected chi connectivity index (χ0v) is 15.8. The van der Waals surface area contributed by atoms with Gasteiger partial charge < -0.3 is 10.6 Å². The first-order valence-electron chi connectivity index (χ1n) is 8.83. The molecule has 0 aromatic heterocycles. The van der Waals surface area contributed by atoms with E-state index in [0.717, 1.165) is 16.8 Å². The lowest BCUT2D eigenvalue weighted by Gasteiger charge is -2.24. The lowest BCUT2D eigenvalue weighted by molar-refractivity contribution is -0.125. The predicted molar refractivity (Wildman–Crippen MR) is 106 cm³/mol. The van der Waals surface area contributed by atoms with Gasteiger partial charge in [0.05, 0.1) is 12.6 Å². The van der Waals surface area contributed by atoms with Crippen molar-refractivity contribution in [2.24, 2.45) is 0 Å². The number of nitrogens with zero attached hydrogens (tertiary/aromatic N) is 1. The number of carbonyl (C=O) groups excluding carboxylic acids is 2. The Bertz CT molecular complexity index is 744. The maximum absolute atomic E-state index is 12.7. The van der Waals surface area contributed by atoms with Gasteiger partial charge in [-0.3, -0.25) is 14.5 Å². The summed E-state index contributed by atoms with van der Waals surface area (Å²) in [6.45, 7) is 5.79. The maximum atomic E-state index is 12.7. The smallest absolute Gasteiger partial charge is 0.241 e. The van der Waals surface area contributed by atoms with Crippen molar-refractivity contribution < 1.29 is 9.59 Å². The van der Waals surface area contributed by atoms with Crippen LogP contribution in [0.15, 0.2) is 54.6 Å². The number of nitrogens with one attached hydrogen (secondary N) is 2. The average Bonchev–Trinajstić information content (AvgIpc) is 2.61. The summed E-state index contributed by atoms with van der Waals surface area (Å²) in [5.74, 6) is -0.236. The van der Waals surface area contributed by atoms with Crippen LogP contribution in [0.4, 0.5) is 5.69 Å². The highest BCUT2D eigenvalue weighted by molar-refractivity contribution is 5.98. The van der Waals surface area contributed by atoms with Crippen LogP contribution >= 0.6 is 0 Å². The Labute approximate surface area is 155 Å². The van der Waals surface area contributed by atoms with Crippen LogP contribution in [0.1, 0.15) is 20.8 Å². The molecule has 0 heterocycles. The van der Waals surface area contributed by atoms with Crippen LogP contribution in [0, 0.1) is 0 Å². The second kappa shape index (κ2) is 9.15. The number of rotatable bonds is 7. The Hall–Kier alpha value is -2.66. The van der Waals surface area contributed by atoms with Crippen LogP contribution in [0.3, 0.4) is 0 Å². The monoisotopic (exact) mass is 353 g/mol. The standard InChI is InChI=1S/C21H27N3O2/c1-15(2)22-20(25)14-24(4)16(3)21(26)23-19-13-9-8-12-18(19)17-10-6-5-7-11-17/h5-13,15-16H,14H2,1-4H3,(H,22,25)(H,23,26)/t16-/m1/s1. The number of amides is 2. The third kappa shape index (κ3) is 5.43. The number of hydrogen-bond acceptors (Lipinski definition) is 3. The van der Waals surface area contributed by atoms with Crippen molar-refractivity contribution in [1.29, 1.82) is 0 Å². The van der Waals surface area contributed by atoms with E-state index >= 15 is 0 Å². The minimum atomic E-state index is -0.434. The summed E-state index contributed by atoms with van der Waals surface area (Å²) in [6, 6.07) is 17.3. The maximum Gasteiger partial charge on any atom is 0.241 e. The lowest BCUT2D eigenvalue weighted by Crippen LogP contribution is -2.46. The summed E-state index contributed by atoms with van der Waals surface area (Å²) in [5, 5.41) is 5.83. The van der Waals surface area contributed by atoms with E-state index in [-0.39, 0.29) is 24.4 Å². The Morgan fingerprint density at radius 2 is 1.58 bits per heavy atom. The van der Waals surface area contributed by atoms with Gasteiger partial charge in [0.15, 0.2) is 0 Å². The van der Waals surface area contributed by atoms with Crippen molar-refractivity contribution >= 4 is 17.5 Å². The van der Waals surface area contributed by atoms with Crippen molar-refractivity contribution in [3.63, 3.8) is 0 Å². The molecule has 0 aliphatic carbocycles. The average molecular weight is 353 g/mol. The summed E-state index contributed by atoms with van der Waals surface area (Å²) in [7, 11) is 1.77. The number of anilines is 1. The van der Waals surface area contributed by atoms with Gasteiger partial charge in [-0.15, -0.1) is 0 Å². The van der Waals surface area contributed by atoms with Gasteiger partial charge in [0, 0.05) is 17.3 Å². The summed E-state index contributed by atoms with van der Waals surface area (Å²) in [5.41, 5.74) is 2.77. The number of benzene rings is 2. The van der Waals surface area contributed by atoms with E-state index in [4.69, 9.17) is 0 Å². The van der Waals surface area contributed by atoms with Gasteiger partial charge >= 0.3 is 0 Å². The Morgan fingerprint density at radius 1 is 0.962 bits per heavy atom. The first-order valence-corrected chi connectivity index (χ1v) is 8.83. The molecular formula is C21H27N3O2. The van der Waals surface area contributed by atoms with E-state index in [2.05, 4.69) is 10.6 Å². The predicted octanol–water partition coefficient (Wildman–Crippen LogP) is 3.14. The van der Waals surface area contributed by atoms with E-state index in [9.17, 15) is 9.59 Å². The summed E-state index contributed by atoms with van der Waals surface area (Å²) in [4.78, 5) is 26.3. The fraction of sp³-hybridized carbons (Fsp3) is 0.333. The molecule has 5 nitrogen and oxygen atoms in total. The highest BCUT2D eigenvalue weighted by atomic mass is 16.2. The minimum absolute atomic E-state index is 0.0813. The second-order valence-electron chi connectivity index (χ2n) is 6.71. The molecule has 2 rings (SSSR count). The van der Waals surface area contributed by atoms with Crippen LogP contribution in [-0.2, 0) is 9.59 Å². The number of likely N-dealkylation sites (N-methyl/N-ethyl adjacent to an activating group) is 1. The highest BCUT2D eigenvalue weighted by Gasteiger charge is 2.21. The van der Waals surface area contributed by atoms with Gasteiger partial charge in [-0.1, -0.05) is 48.5 Å². The van der Waals surface area contributed by atoms with Crippen LogP contribution in [-0.4, -0.2) is 42.4 Å². The van der Waals surface area contributed by atoms with Crippen molar-refractivity contribution in [2.75, 3.05) is 18.9 Å². The van der Waals surface area contributed by atoms with Crippen molar-refractivity contribution in [3.8, 4) is 11.1 Å². The van der Waals surface area contributed by atoms with Gasteiger partial charge in [-0.05, 0) is 39.4 Å². The third-order valence-corrected chi connectivity index (χ3v) is 4.15. The Balaban J connectivity index is 2.07. The molecule has 0 unspecified atom stereocenters. The molecule has 0 saturated carbocycles. The van der Waals surface area contributed by atoms with E-state index in [1.54, 1.807) is 18.9 Å². The van der Waals surface area contributed by atoms with Gasteiger partial charge in [0.25, 0.3) is 0 Å². The topological polar surface area (TPSA) is 61.4 Å². The highest BCUT2D eigenvalue weighted by Crippen LogP contribution is 2.27. The van der Waals surface area contributed by atoms with Crippen LogP contribution in [0.25, 0.3) is 11.1 Å². The van der Waals surface area contributed by atoms with Crippen molar-refractivity contribution in [2.45, 2.75) is 32.9 Å². The van der Waals surface area contributed by atoms with Crippen molar-refractivity contribution in [3.05, 3.63) is 54.6 Å². The molecule has 0 radical (unpaired) electrons. The molecule has 0 saturated heterocycles. The number of carbonyl (C=O) groups is 2. The molecule has 0 fully saturated rings. The summed E-state index contributed by atoms with van der Waals surface area (Å²) < 4.78 is 0. The number of para-hydroxylation sites is 1. The summed E-state index contributed by atoms with van der Waals surface area (Å²) >= 11 is 0. The van der Waals surface area contributed by atoms with Crippen molar-refractivity contribution in [1.82, 2.24) is 10.2 Å². The molecule has 0 spiro atoms. The zero-order valence-electron chi connectivity index (χ0n) is 15.8. The van der Waals surface area contributed by atoms with E-state index in [1.807, 2.05) is 68.4 Å². The van der Waals surface area contributed by atoms with E-state index in [1.165, 1.54) is 0 Å². The van der Waals surface area contributed by atoms with Crippen LogP contribution in [0.2, 0.25) is 0 Å².